The molecule has 0 aromatic heterocycles. The van der Waals surface area contributed by atoms with Crippen LogP contribution in [-0.4, -0.2) is 46.2 Å². The molecule has 29 heavy (non-hydrogen) atoms. The molecule has 2 amide bonds. The minimum atomic E-state index is -0.349. The number of amides is 2. The summed E-state index contributed by atoms with van der Waals surface area (Å²) in [5.74, 6) is 0.596. The highest BCUT2D eigenvalue weighted by Gasteiger charge is 2.18. The Labute approximate surface area is 169 Å². The second kappa shape index (κ2) is 9.99. The Morgan fingerprint density at radius 2 is 1.72 bits per heavy atom. The Bertz CT molecular complexity index is 911. The van der Waals surface area contributed by atoms with Gasteiger partial charge in [-0.25, -0.2) is 0 Å². The monoisotopic (exact) mass is 397 g/mol. The normalized spacial score (nSPS) is 9.90. The summed E-state index contributed by atoms with van der Waals surface area (Å²) >= 11 is 0. The maximum Gasteiger partial charge on any atom is 0.251 e. The summed E-state index contributed by atoms with van der Waals surface area (Å²) in [4.78, 5) is 26.1. The number of nitrogens with one attached hydrogen (secondary N) is 1. The second-order valence-corrected chi connectivity index (χ2v) is 6.00. The first-order valence-corrected chi connectivity index (χ1v) is 8.81. The van der Waals surface area contributed by atoms with Crippen molar-refractivity contribution in [2.24, 2.45) is 0 Å². The van der Waals surface area contributed by atoms with Gasteiger partial charge in [-0.2, -0.15) is 5.26 Å². The van der Waals surface area contributed by atoms with Crippen molar-refractivity contribution in [3.05, 3.63) is 47.5 Å². The number of rotatable bonds is 8. The molecule has 0 bridgehead atoms. The van der Waals surface area contributed by atoms with Crippen molar-refractivity contribution in [2.75, 3.05) is 39.3 Å². The van der Waals surface area contributed by atoms with Gasteiger partial charge in [0, 0.05) is 31.3 Å². The third kappa shape index (κ3) is 5.17. The van der Waals surface area contributed by atoms with Crippen LogP contribution in [0.15, 0.2) is 36.4 Å². The van der Waals surface area contributed by atoms with Crippen LogP contribution in [0.25, 0.3) is 0 Å². The first kappa shape index (κ1) is 21.6. The molecule has 0 radical (unpaired) electrons. The quantitative estimate of drug-likeness (QED) is 0.734. The third-order valence-electron chi connectivity index (χ3n) is 4.21. The highest BCUT2D eigenvalue weighted by Crippen LogP contribution is 2.38. The van der Waals surface area contributed by atoms with Crippen molar-refractivity contribution >= 4 is 17.5 Å². The molecule has 0 saturated carbocycles. The Balaban J connectivity index is 2.11. The van der Waals surface area contributed by atoms with Gasteiger partial charge in [-0.05, 0) is 30.3 Å². The number of carbonyl (C=O) groups is 2. The van der Waals surface area contributed by atoms with Gasteiger partial charge in [0.1, 0.15) is 0 Å². The summed E-state index contributed by atoms with van der Waals surface area (Å²) in [6, 6.07) is 11.9. The van der Waals surface area contributed by atoms with E-state index in [0.29, 0.717) is 34.1 Å². The van der Waals surface area contributed by atoms with Gasteiger partial charge in [0.2, 0.25) is 11.7 Å². The molecule has 0 atom stereocenters. The maximum atomic E-state index is 12.6. The van der Waals surface area contributed by atoms with Crippen molar-refractivity contribution in [3.63, 3.8) is 0 Å². The molecule has 0 saturated heterocycles. The van der Waals surface area contributed by atoms with E-state index in [-0.39, 0.29) is 24.9 Å². The number of hydrogen-bond acceptors (Lipinski definition) is 6. The van der Waals surface area contributed by atoms with E-state index in [0.717, 1.165) is 0 Å². The number of nitrogens with zero attached hydrogens (tertiary/aromatic N) is 2. The van der Waals surface area contributed by atoms with E-state index in [1.54, 1.807) is 36.4 Å². The summed E-state index contributed by atoms with van der Waals surface area (Å²) in [6.07, 6.45) is 0. The fourth-order valence-electron chi connectivity index (χ4n) is 2.81. The Morgan fingerprint density at radius 3 is 2.24 bits per heavy atom. The summed E-state index contributed by atoms with van der Waals surface area (Å²) < 4.78 is 15.8. The van der Waals surface area contributed by atoms with Gasteiger partial charge in [0.25, 0.3) is 5.91 Å². The van der Waals surface area contributed by atoms with Gasteiger partial charge in [-0.1, -0.05) is 6.07 Å². The number of ether oxygens (including phenoxy) is 3. The van der Waals surface area contributed by atoms with E-state index < -0.39 is 0 Å². The number of benzene rings is 2. The van der Waals surface area contributed by atoms with Crippen LogP contribution in [0.2, 0.25) is 0 Å². The first-order valence-electron chi connectivity index (χ1n) is 8.81. The van der Waals surface area contributed by atoms with Crippen LogP contribution >= 0.6 is 0 Å². The fraction of sp³-hybridized carbons (Fsp3) is 0.286. The van der Waals surface area contributed by atoms with Crippen LogP contribution in [0.4, 0.5) is 5.69 Å². The van der Waals surface area contributed by atoms with Crippen LogP contribution in [0.5, 0.6) is 17.2 Å². The minimum Gasteiger partial charge on any atom is -0.493 e. The van der Waals surface area contributed by atoms with Crippen molar-refractivity contribution in [1.82, 2.24) is 5.32 Å². The number of methoxy groups -OCH3 is 3. The largest absolute Gasteiger partial charge is 0.493 e. The molecule has 0 aliphatic carbocycles. The molecule has 8 nitrogen and oxygen atoms in total. The predicted molar refractivity (Wildman–Crippen MR) is 108 cm³/mol. The first-order chi connectivity index (χ1) is 13.9. The van der Waals surface area contributed by atoms with Gasteiger partial charge in [0.05, 0.1) is 33.0 Å². The van der Waals surface area contributed by atoms with E-state index in [2.05, 4.69) is 5.32 Å². The number of anilines is 1. The van der Waals surface area contributed by atoms with Crippen LogP contribution in [0.1, 0.15) is 22.8 Å². The van der Waals surface area contributed by atoms with Gasteiger partial charge < -0.3 is 24.4 Å². The van der Waals surface area contributed by atoms with Gasteiger partial charge in [0.15, 0.2) is 11.5 Å². The van der Waals surface area contributed by atoms with Crippen molar-refractivity contribution in [2.45, 2.75) is 6.92 Å². The summed E-state index contributed by atoms with van der Waals surface area (Å²) in [6.45, 7) is 1.90. The molecule has 0 fully saturated rings. The maximum absolute atomic E-state index is 12.6. The highest BCUT2D eigenvalue weighted by molar-refractivity contribution is 5.96. The number of carbonyl (C=O) groups excluding carboxylic acids is 2. The smallest absolute Gasteiger partial charge is 0.251 e. The third-order valence-corrected chi connectivity index (χ3v) is 4.21. The summed E-state index contributed by atoms with van der Waals surface area (Å²) in [7, 11) is 4.43. The van der Waals surface area contributed by atoms with E-state index in [1.165, 1.54) is 33.2 Å². The molecule has 8 heteroatoms. The summed E-state index contributed by atoms with van der Waals surface area (Å²) in [5, 5.41) is 11.8. The number of nitriles is 1. The summed E-state index contributed by atoms with van der Waals surface area (Å²) in [5.41, 5.74) is 1.38. The number of hydrogen-bond donors (Lipinski definition) is 1. The zero-order chi connectivity index (χ0) is 21.4. The van der Waals surface area contributed by atoms with E-state index in [4.69, 9.17) is 19.5 Å². The lowest BCUT2D eigenvalue weighted by atomic mass is 10.1. The van der Waals surface area contributed by atoms with Crippen LogP contribution < -0.4 is 24.4 Å². The molecule has 0 aliphatic heterocycles. The molecule has 0 aliphatic rings. The van der Waals surface area contributed by atoms with E-state index >= 15 is 0 Å². The van der Waals surface area contributed by atoms with Gasteiger partial charge >= 0.3 is 0 Å². The molecular formula is C21H23N3O5. The van der Waals surface area contributed by atoms with Gasteiger partial charge in [-0.15, -0.1) is 0 Å². The molecule has 2 aromatic carbocycles. The predicted octanol–water partition coefficient (Wildman–Crippen LogP) is 2.37. The van der Waals surface area contributed by atoms with Gasteiger partial charge in [-0.3, -0.25) is 9.59 Å². The second-order valence-electron chi connectivity index (χ2n) is 6.00. The van der Waals surface area contributed by atoms with Crippen molar-refractivity contribution in [3.8, 4) is 23.3 Å². The average molecular weight is 397 g/mol. The van der Waals surface area contributed by atoms with Crippen LogP contribution in [-0.2, 0) is 4.79 Å². The van der Waals surface area contributed by atoms with Crippen LogP contribution in [0.3, 0.4) is 0 Å². The minimum absolute atomic E-state index is 0.192. The standard InChI is InChI=1S/C21H23N3O5/c1-14(25)24(17-7-5-6-15(10-17)13-22)9-8-23-21(26)16-11-18(27-2)20(29-4)19(12-16)28-3/h5-7,10-12H,8-9H2,1-4H3,(H,23,26). The molecule has 152 valence electrons. The molecule has 2 aromatic rings. The highest BCUT2D eigenvalue weighted by atomic mass is 16.5. The van der Waals surface area contributed by atoms with Crippen molar-refractivity contribution in [1.29, 1.82) is 5.26 Å². The zero-order valence-corrected chi connectivity index (χ0v) is 16.8. The lowest BCUT2D eigenvalue weighted by Crippen LogP contribution is -2.37. The van der Waals surface area contributed by atoms with E-state index in [1.807, 2.05) is 6.07 Å². The van der Waals surface area contributed by atoms with Crippen LogP contribution in [0, 0.1) is 11.3 Å². The molecule has 1 N–H and O–H groups in total. The molecule has 0 heterocycles. The lowest BCUT2D eigenvalue weighted by molar-refractivity contribution is -0.116. The average Bonchev–Trinajstić information content (AvgIpc) is 2.74. The molecule has 0 spiro atoms. The molecular weight excluding hydrogens is 374 g/mol. The molecule has 2 rings (SSSR count). The Kier molecular flexibility index (Phi) is 7.43. The SMILES string of the molecule is COc1cc(C(=O)NCCN(C(C)=O)c2cccc(C#N)c2)cc(OC)c1OC. The van der Waals surface area contributed by atoms with E-state index in [9.17, 15) is 9.59 Å². The topological polar surface area (TPSA) is 101 Å². The lowest BCUT2D eigenvalue weighted by Gasteiger charge is -2.21. The van der Waals surface area contributed by atoms with Crippen molar-refractivity contribution < 1.29 is 23.8 Å². The zero-order valence-electron chi connectivity index (χ0n) is 16.8. The Morgan fingerprint density at radius 1 is 1.07 bits per heavy atom. The Hall–Kier alpha value is -3.73. The fourth-order valence-corrected chi connectivity index (χ4v) is 2.81. The molecule has 0 unspecified atom stereocenters.